The van der Waals surface area contributed by atoms with Gasteiger partial charge in [0.05, 0.1) is 27.3 Å². The summed E-state index contributed by atoms with van der Waals surface area (Å²) in [6.07, 6.45) is 0. The molecule has 0 spiro atoms. The fourth-order valence-electron chi connectivity index (χ4n) is 3.88. The standard InChI is InChI=1S/C27H18Cl2N2O4S2/c28-19-8-6-17(7-9-19)16-31-24-13-11-21(15-25(24)36-27(31)33)37(34,35)30-23-12-10-20(29)14-22(23)26(32)18-4-2-1-3-5-18/h1-15,30H,16H2. The number of nitrogens with one attached hydrogen (secondary N) is 1. The molecule has 1 heterocycles. The zero-order valence-corrected chi connectivity index (χ0v) is 22.2. The number of sulfonamides is 1. The largest absolute Gasteiger partial charge is 0.308 e. The van der Waals surface area contributed by atoms with Crippen LogP contribution in [0.25, 0.3) is 10.2 Å². The Kier molecular flexibility index (Phi) is 6.92. The Hall–Kier alpha value is -3.43. The topological polar surface area (TPSA) is 85.2 Å². The van der Waals surface area contributed by atoms with Gasteiger partial charge in [0.2, 0.25) is 0 Å². The summed E-state index contributed by atoms with van der Waals surface area (Å²) in [5.41, 5.74) is 2.14. The molecule has 0 saturated carbocycles. The molecule has 10 heteroatoms. The van der Waals surface area contributed by atoms with Crippen LogP contribution in [-0.2, 0) is 16.6 Å². The van der Waals surface area contributed by atoms with Gasteiger partial charge < -0.3 is 0 Å². The van der Waals surface area contributed by atoms with Crippen LogP contribution in [0.4, 0.5) is 5.69 Å². The molecule has 5 rings (SSSR count). The van der Waals surface area contributed by atoms with Gasteiger partial charge in [0, 0.05) is 21.2 Å². The number of carbonyl (C=O) groups excluding carboxylic acids is 1. The van der Waals surface area contributed by atoms with Crippen LogP contribution in [0.15, 0.2) is 101 Å². The van der Waals surface area contributed by atoms with Gasteiger partial charge in [-0.1, -0.05) is 77.0 Å². The van der Waals surface area contributed by atoms with E-state index in [4.69, 9.17) is 23.2 Å². The van der Waals surface area contributed by atoms with E-state index in [9.17, 15) is 18.0 Å². The fourth-order valence-corrected chi connectivity index (χ4v) is 6.29. The molecule has 4 aromatic carbocycles. The number of thiazole rings is 1. The van der Waals surface area contributed by atoms with Crippen molar-refractivity contribution >= 4 is 66.2 Å². The summed E-state index contributed by atoms with van der Waals surface area (Å²) in [5, 5.41) is 0.901. The highest BCUT2D eigenvalue weighted by molar-refractivity contribution is 7.92. The van der Waals surface area contributed by atoms with Crippen LogP contribution in [0.2, 0.25) is 10.0 Å². The van der Waals surface area contributed by atoms with Crippen LogP contribution in [0.3, 0.4) is 0 Å². The molecule has 0 aliphatic heterocycles. The molecule has 37 heavy (non-hydrogen) atoms. The maximum absolute atomic E-state index is 13.3. The fraction of sp³-hybridized carbons (Fsp3) is 0.0370. The van der Waals surface area contributed by atoms with E-state index in [-0.39, 0.29) is 26.8 Å². The van der Waals surface area contributed by atoms with Crippen LogP contribution >= 0.6 is 34.5 Å². The Morgan fingerprint density at radius 2 is 1.57 bits per heavy atom. The molecule has 0 unspecified atom stereocenters. The number of hydrogen-bond donors (Lipinski definition) is 1. The second-order valence-electron chi connectivity index (χ2n) is 8.20. The van der Waals surface area contributed by atoms with Crippen LogP contribution in [0.5, 0.6) is 0 Å². The first-order valence-electron chi connectivity index (χ1n) is 11.0. The summed E-state index contributed by atoms with van der Waals surface area (Å²) in [6, 6.07) is 24.6. The molecule has 0 radical (unpaired) electrons. The summed E-state index contributed by atoms with van der Waals surface area (Å²) in [5.74, 6) is -0.367. The van der Waals surface area contributed by atoms with Crippen molar-refractivity contribution < 1.29 is 13.2 Å². The monoisotopic (exact) mass is 568 g/mol. The van der Waals surface area contributed by atoms with Gasteiger partial charge in [-0.25, -0.2) is 8.42 Å². The van der Waals surface area contributed by atoms with E-state index in [1.807, 2.05) is 12.1 Å². The average Bonchev–Trinajstić information content (AvgIpc) is 3.20. The molecule has 0 aliphatic rings. The van der Waals surface area contributed by atoms with Crippen LogP contribution in [0, 0.1) is 0 Å². The third-order valence-electron chi connectivity index (χ3n) is 5.71. The summed E-state index contributed by atoms with van der Waals surface area (Å²) < 4.78 is 31.2. The van der Waals surface area contributed by atoms with Crippen LogP contribution in [-0.4, -0.2) is 18.8 Å². The normalized spacial score (nSPS) is 11.5. The highest BCUT2D eigenvalue weighted by Crippen LogP contribution is 2.28. The summed E-state index contributed by atoms with van der Waals surface area (Å²) >= 11 is 13.0. The molecule has 1 aromatic heterocycles. The Morgan fingerprint density at radius 3 is 2.30 bits per heavy atom. The summed E-state index contributed by atoms with van der Waals surface area (Å²) in [4.78, 5) is 25.5. The molecule has 1 N–H and O–H groups in total. The van der Waals surface area contributed by atoms with Crippen molar-refractivity contribution in [2.45, 2.75) is 11.4 Å². The number of halogens is 2. The first-order chi connectivity index (χ1) is 17.7. The van der Waals surface area contributed by atoms with E-state index in [0.717, 1.165) is 16.9 Å². The molecule has 186 valence electrons. The smallest absolute Gasteiger partial charge is 0.294 e. The van der Waals surface area contributed by atoms with Crippen molar-refractivity contribution in [3.05, 3.63) is 127 Å². The number of aromatic nitrogens is 1. The van der Waals surface area contributed by atoms with Gasteiger partial charge in [0.1, 0.15) is 0 Å². The molecular formula is C27H18Cl2N2O4S2. The lowest BCUT2D eigenvalue weighted by Gasteiger charge is -2.13. The molecule has 0 amide bonds. The van der Waals surface area contributed by atoms with E-state index in [0.29, 0.717) is 32.4 Å². The number of rotatable bonds is 7. The van der Waals surface area contributed by atoms with E-state index >= 15 is 0 Å². The highest BCUT2D eigenvalue weighted by atomic mass is 35.5. The Labute approximate surface area is 226 Å². The van der Waals surface area contributed by atoms with Crippen molar-refractivity contribution in [2.75, 3.05) is 4.72 Å². The zero-order valence-electron chi connectivity index (χ0n) is 19.0. The molecule has 6 nitrogen and oxygen atoms in total. The summed E-state index contributed by atoms with van der Waals surface area (Å²) in [6.45, 7) is 0.329. The van der Waals surface area contributed by atoms with Gasteiger partial charge in [0.25, 0.3) is 10.0 Å². The van der Waals surface area contributed by atoms with Crippen molar-refractivity contribution in [1.29, 1.82) is 0 Å². The summed E-state index contributed by atoms with van der Waals surface area (Å²) in [7, 11) is -4.09. The Morgan fingerprint density at radius 1 is 0.865 bits per heavy atom. The zero-order chi connectivity index (χ0) is 26.2. The van der Waals surface area contributed by atoms with E-state index < -0.39 is 10.0 Å². The number of anilines is 1. The third kappa shape index (κ3) is 5.33. The van der Waals surface area contributed by atoms with Crippen molar-refractivity contribution in [1.82, 2.24) is 4.57 Å². The van der Waals surface area contributed by atoms with Gasteiger partial charge in [-0.05, 0) is 54.1 Å². The van der Waals surface area contributed by atoms with Gasteiger partial charge >= 0.3 is 4.87 Å². The van der Waals surface area contributed by atoms with Gasteiger partial charge in [-0.3, -0.25) is 18.9 Å². The molecule has 0 bridgehead atoms. The van der Waals surface area contributed by atoms with Gasteiger partial charge in [-0.2, -0.15) is 0 Å². The number of nitrogens with zero attached hydrogens (tertiary/aromatic N) is 1. The number of hydrogen-bond acceptors (Lipinski definition) is 5. The maximum atomic E-state index is 13.3. The molecule has 0 atom stereocenters. The average molecular weight is 569 g/mol. The first kappa shape index (κ1) is 25.2. The second kappa shape index (κ2) is 10.1. The van der Waals surface area contributed by atoms with Gasteiger partial charge in [-0.15, -0.1) is 0 Å². The SMILES string of the molecule is O=C(c1ccccc1)c1cc(Cl)ccc1NS(=O)(=O)c1ccc2c(c1)sc(=O)n2Cc1ccc(Cl)cc1. The Balaban J connectivity index is 1.48. The predicted molar refractivity (Wildman–Crippen MR) is 149 cm³/mol. The molecular weight excluding hydrogens is 551 g/mol. The molecule has 0 aliphatic carbocycles. The lowest BCUT2D eigenvalue weighted by Crippen LogP contribution is -2.16. The number of carbonyl (C=O) groups is 1. The quantitative estimate of drug-likeness (QED) is 0.228. The molecule has 5 aromatic rings. The number of ketones is 1. The van der Waals surface area contributed by atoms with E-state index in [1.54, 1.807) is 53.1 Å². The lowest BCUT2D eigenvalue weighted by atomic mass is 10.0. The van der Waals surface area contributed by atoms with Crippen molar-refractivity contribution in [3.8, 4) is 0 Å². The van der Waals surface area contributed by atoms with E-state index in [1.165, 1.54) is 30.3 Å². The number of fused-ring (bicyclic) bond motifs is 1. The minimum atomic E-state index is -4.09. The minimum Gasteiger partial charge on any atom is -0.294 e. The van der Waals surface area contributed by atoms with Crippen molar-refractivity contribution in [2.24, 2.45) is 0 Å². The minimum absolute atomic E-state index is 0.0343. The molecule has 0 fully saturated rings. The maximum Gasteiger partial charge on any atom is 0.308 e. The van der Waals surface area contributed by atoms with Crippen LogP contribution < -0.4 is 9.60 Å². The predicted octanol–water partition coefficient (Wildman–Crippen LogP) is 6.45. The first-order valence-corrected chi connectivity index (χ1v) is 14.1. The van der Waals surface area contributed by atoms with E-state index in [2.05, 4.69) is 4.72 Å². The van der Waals surface area contributed by atoms with Crippen LogP contribution in [0.1, 0.15) is 21.5 Å². The molecule has 0 saturated heterocycles. The Bertz CT molecular complexity index is 1800. The number of benzene rings is 4. The van der Waals surface area contributed by atoms with Gasteiger partial charge in [0.15, 0.2) is 5.78 Å². The highest BCUT2D eigenvalue weighted by Gasteiger charge is 2.21. The van der Waals surface area contributed by atoms with Crippen molar-refractivity contribution in [3.63, 3.8) is 0 Å². The second-order valence-corrected chi connectivity index (χ2v) is 11.7. The third-order valence-corrected chi connectivity index (χ3v) is 8.50. The lowest BCUT2D eigenvalue weighted by molar-refractivity contribution is 0.103.